The van der Waals surface area contributed by atoms with Gasteiger partial charge in [0.25, 0.3) is 0 Å². The van der Waals surface area contributed by atoms with E-state index in [0.717, 1.165) is 36.5 Å². The SMILES string of the molecule is OCC1CCCN(Cc2nc(Cc3ccccc3Cl)no2)C1. The molecular formula is C16H20ClN3O2. The van der Waals surface area contributed by atoms with E-state index >= 15 is 0 Å². The summed E-state index contributed by atoms with van der Waals surface area (Å²) < 4.78 is 5.34. The van der Waals surface area contributed by atoms with Crippen molar-refractivity contribution < 1.29 is 9.63 Å². The second kappa shape index (κ2) is 7.22. The van der Waals surface area contributed by atoms with E-state index in [-0.39, 0.29) is 6.61 Å². The lowest BCUT2D eigenvalue weighted by Gasteiger charge is -2.30. The molecule has 1 fully saturated rings. The molecule has 1 aliphatic rings. The summed E-state index contributed by atoms with van der Waals surface area (Å²) in [7, 11) is 0. The Morgan fingerprint density at radius 3 is 3.05 bits per heavy atom. The van der Waals surface area contributed by atoms with Gasteiger partial charge in [-0.3, -0.25) is 4.90 Å². The summed E-state index contributed by atoms with van der Waals surface area (Å²) in [6.07, 6.45) is 2.77. The predicted octanol–water partition coefficient (Wildman–Crippen LogP) is 2.52. The summed E-state index contributed by atoms with van der Waals surface area (Å²) >= 11 is 6.15. The molecule has 3 rings (SSSR count). The molecule has 5 nitrogen and oxygen atoms in total. The molecule has 1 aliphatic heterocycles. The van der Waals surface area contributed by atoms with Gasteiger partial charge in [0, 0.05) is 24.6 Å². The molecule has 1 saturated heterocycles. The summed E-state index contributed by atoms with van der Waals surface area (Å²) in [5.74, 6) is 1.64. The number of hydrogen-bond acceptors (Lipinski definition) is 5. The number of piperidine rings is 1. The Balaban J connectivity index is 1.60. The number of benzene rings is 1. The molecular weight excluding hydrogens is 302 g/mol. The zero-order chi connectivity index (χ0) is 15.4. The Labute approximate surface area is 134 Å². The van der Waals surface area contributed by atoms with Crippen molar-refractivity contribution in [3.8, 4) is 0 Å². The normalized spacial score (nSPS) is 19.5. The molecule has 2 aromatic rings. The highest BCUT2D eigenvalue weighted by atomic mass is 35.5. The highest BCUT2D eigenvalue weighted by Gasteiger charge is 2.21. The van der Waals surface area contributed by atoms with Crippen molar-refractivity contribution in [1.82, 2.24) is 15.0 Å². The van der Waals surface area contributed by atoms with Gasteiger partial charge in [0.05, 0.1) is 6.54 Å². The summed E-state index contributed by atoms with van der Waals surface area (Å²) in [5.41, 5.74) is 0.995. The van der Waals surface area contributed by atoms with E-state index in [1.807, 2.05) is 24.3 Å². The number of halogens is 1. The molecule has 0 amide bonds. The van der Waals surface area contributed by atoms with Crippen LogP contribution in [0, 0.1) is 5.92 Å². The van der Waals surface area contributed by atoms with Crippen LogP contribution in [0.1, 0.15) is 30.1 Å². The molecule has 1 N–H and O–H groups in total. The van der Waals surface area contributed by atoms with Gasteiger partial charge in [-0.15, -0.1) is 0 Å². The van der Waals surface area contributed by atoms with Gasteiger partial charge in [0.2, 0.25) is 5.89 Å². The van der Waals surface area contributed by atoms with Gasteiger partial charge in [-0.05, 0) is 36.9 Å². The minimum Gasteiger partial charge on any atom is -0.396 e. The predicted molar refractivity (Wildman–Crippen MR) is 83.6 cm³/mol. The fraction of sp³-hybridized carbons (Fsp3) is 0.500. The van der Waals surface area contributed by atoms with Crippen molar-refractivity contribution in [1.29, 1.82) is 0 Å². The van der Waals surface area contributed by atoms with Gasteiger partial charge in [-0.2, -0.15) is 4.98 Å². The Hall–Kier alpha value is -1.43. The van der Waals surface area contributed by atoms with Crippen LogP contribution in [0.4, 0.5) is 0 Å². The number of rotatable bonds is 5. The molecule has 6 heteroatoms. The lowest BCUT2D eigenvalue weighted by molar-refractivity contribution is 0.107. The Morgan fingerprint density at radius 2 is 2.23 bits per heavy atom. The van der Waals surface area contributed by atoms with Crippen LogP contribution in [0.25, 0.3) is 0 Å². The highest BCUT2D eigenvalue weighted by Crippen LogP contribution is 2.19. The maximum Gasteiger partial charge on any atom is 0.240 e. The van der Waals surface area contributed by atoms with Gasteiger partial charge in [0.1, 0.15) is 0 Å². The smallest absolute Gasteiger partial charge is 0.240 e. The van der Waals surface area contributed by atoms with Crippen LogP contribution >= 0.6 is 11.6 Å². The van der Waals surface area contributed by atoms with Crippen molar-refractivity contribution >= 4 is 11.6 Å². The zero-order valence-corrected chi connectivity index (χ0v) is 13.2. The van der Waals surface area contributed by atoms with Crippen LogP contribution in [0.3, 0.4) is 0 Å². The van der Waals surface area contributed by atoms with Gasteiger partial charge < -0.3 is 9.63 Å². The third-order valence-electron chi connectivity index (χ3n) is 4.04. The first kappa shape index (κ1) is 15.5. The lowest BCUT2D eigenvalue weighted by Crippen LogP contribution is -2.36. The van der Waals surface area contributed by atoms with Gasteiger partial charge >= 0.3 is 0 Å². The monoisotopic (exact) mass is 321 g/mol. The summed E-state index contributed by atoms with van der Waals surface area (Å²) in [5, 5.41) is 14.0. The topological polar surface area (TPSA) is 62.4 Å². The molecule has 0 radical (unpaired) electrons. The first-order chi connectivity index (χ1) is 10.7. The molecule has 1 aromatic heterocycles. The Kier molecular flexibility index (Phi) is 5.08. The standard InChI is InChI=1S/C16H20ClN3O2/c17-14-6-2-1-5-13(14)8-15-18-16(22-19-15)10-20-7-3-4-12(9-20)11-21/h1-2,5-6,12,21H,3-4,7-11H2. The van der Waals surface area contributed by atoms with Crippen molar-refractivity contribution in [2.75, 3.05) is 19.7 Å². The van der Waals surface area contributed by atoms with E-state index in [1.165, 1.54) is 0 Å². The van der Waals surface area contributed by atoms with Crippen molar-refractivity contribution in [2.45, 2.75) is 25.8 Å². The van der Waals surface area contributed by atoms with Crippen LogP contribution in [0.5, 0.6) is 0 Å². The van der Waals surface area contributed by atoms with E-state index in [1.54, 1.807) is 0 Å². The summed E-state index contributed by atoms with van der Waals surface area (Å²) in [6.45, 7) is 2.79. The lowest BCUT2D eigenvalue weighted by atomic mass is 9.99. The summed E-state index contributed by atoms with van der Waals surface area (Å²) in [4.78, 5) is 6.71. The second-order valence-corrected chi connectivity index (χ2v) is 6.21. The third-order valence-corrected chi connectivity index (χ3v) is 4.41. The molecule has 1 aromatic carbocycles. The van der Waals surface area contributed by atoms with Crippen molar-refractivity contribution in [3.63, 3.8) is 0 Å². The van der Waals surface area contributed by atoms with Crippen molar-refractivity contribution in [3.05, 3.63) is 46.6 Å². The first-order valence-corrected chi connectivity index (χ1v) is 8.00. The molecule has 22 heavy (non-hydrogen) atoms. The van der Waals surface area contributed by atoms with Crippen molar-refractivity contribution in [2.24, 2.45) is 5.92 Å². The molecule has 1 unspecified atom stereocenters. The van der Waals surface area contributed by atoms with Gasteiger partial charge in [-0.25, -0.2) is 0 Å². The molecule has 0 bridgehead atoms. The molecule has 0 aliphatic carbocycles. The molecule has 2 heterocycles. The van der Waals surface area contributed by atoms with Gasteiger partial charge in [0.15, 0.2) is 5.82 Å². The highest BCUT2D eigenvalue weighted by molar-refractivity contribution is 6.31. The fourth-order valence-electron chi connectivity index (χ4n) is 2.87. The maximum absolute atomic E-state index is 9.28. The van der Waals surface area contributed by atoms with Crippen LogP contribution in [0.2, 0.25) is 5.02 Å². The quantitative estimate of drug-likeness (QED) is 0.917. The number of aliphatic hydroxyl groups is 1. The second-order valence-electron chi connectivity index (χ2n) is 5.80. The largest absolute Gasteiger partial charge is 0.396 e. The molecule has 0 spiro atoms. The van der Waals surface area contributed by atoms with E-state index in [4.69, 9.17) is 16.1 Å². The Bertz CT molecular complexity index is 617. The minimum atomic E-state index is 0.248. The number of hydrogen-bond donors (Lipinski definition) is 1. The van der Waals surface area contributed by atoms with Crippen LogP contribution in [-0.2, 0) is 13.0 Å². The number of likely N-dealkylation sites (tertiary alicyclic amines) is 1. The molecule has 118 valence electrons. The number of aromatic nitrogens is 2. The van der Waals surface area contributed by atoms with E-state index in [2.05, 4.69) is 15.0 Å². The maximum atomic E-state index is 9.28. The van der Waals surface area contributed by atoms with Crippen LogP contribution in [-0.4, -0.2) is 39.8 Å². The average molecular weight is 322 g/mol. The Morgan fingerprint density at radius 1 is 1.36 bits per heavy atom. The molecule has 0 saturated carbocycles. The van der Waals surface area contributed by atoms with Gasteiger partial charge in [-0.1, -0.05) is 35.0 Å². The zero-order valence-electron chi connectivity index (χ0n) is 12.4. The van der Waals surface area contributed by atoms with Crippen LogP contribution < -0.4 is 0 Å². The van der Waals surface area contributed by atoms with E-state index in [0.29, 0.717) is 30.6 Å². The van der Waals surface area contributed by atoms with E-state index in [9.17, 15) is 5.11 Å². The number of aliphatic hydroxyl groups excluding tert-OH is 1. The third kappa shape index (κ3) is 3.85. The van der Waals surface area contributed by atoms with Crippen LogP contribution in [0.15, 0.2) is 28.8 Å². The number of nitrogens with zero attached hydrogens (tertiary/aromatic N) is 3. The fourth-order valence-corrected chi connectivity index (χ4v) is 3.08. The first-order valence-electron chi connectivity index (χ1n) is 7.62. The molecule has 1 atom stereocenters. The van der Waals surface area contributed by atoms with E-state index < -0.39 is 0 Å². The minimum absolute atomic E-state index is 0.248. The summed E-state index contributed by atoms with van der Waals surface area (Å²) in [6, 6.07) is 7.68. The average Bonchev–Trinajstić information content (AvgIpc) is 2.97.